The van der Waals surface area contributed by atoms with Gasteiger partial charge in [-0.25, -0.2) is 4.98 Å². The summed E-state index contributed by atoms with van der Waals surface area (Å²) in [5.74, 6) is -0.0143. The first-order valence-corrected chi connectivity index (χ1v) is 10.2. The Morgan fingerprint density at radius 1 is 1.24 bits per heavy atom. The fourth-order valence-electron chi connectivity index (χ4n) is 3.79. The Morgan fingerprint density at radius 3 is 2.76 bits per heavy atom. The summed E-state index contributed by atoms with van der Waals surface area (Å²) in [5.41, 5.74) is 2.76. The Kier molecular flexibility index (Phi) is 5.92. The highest BCUT2D eigenvalue weighted by Crippen LogP contribution is 2.20. The summed E-state index contributed by atoms with van der Waals surface area (Å²) in [7, 11) is 1.88. The average molecular weight is 410 g/mol. The van der Waals surface area contributed by atoms with E-state index in [2.05, 4.69) is 27.0 Å². The van der Waals surface area contributed by atoms with Crippen LogP contribution in [0.25, 0.3) is 11.7 Å². The minimum Gasteiger partial charge on any atom is -0.339 e. The van der Waals surface area contributed by atoms with Crippen LogP contribution in [0.4, 0.5) is 0 Å². The summed E-state index contributed by atoms with van der Waals surface area (Å²) in [6, 6.07) is 10.1. The Hall–Kier alpha value is -2.70. The van der Waals surface area contributed by atoms with Gasteiger partial charge in [0.25, 0.3) is 0 Å². The van der Waals surface area contributed by atoms with E-state index in [4.69, 9.17) is 11.6 Å². The first-order chi connectivity index (χ1) is 14.1. The van der Waals surface area contributed by atoms with E-state index < -0.39 is 0 Å². The van der Waals surface area contributed by atoms with E-state index in [1.807, 2.05) is 53.1 Å². The van der Waals surface area contributed by atoms with Crippen molar-refractivity contribution in [1.29, 1.82) is 0 Å². The van der Waals surface area contributed by atoms with Gasteiger partial charge in [-0.2, -0.15) is 0 Å². The normalized spacial score (nSPS) is 15.9. The highest BCUT2D eigenvalue weighted by atomic mass is 35.5. The summed E-state index contributed by atoms with van der Waals surface area (Å²) in [5, 5.41) is 0.396. The third-order valence-electron chi connectivity index (χ3n) is 5.51. The maximum absolute atomic E-state index is 12.7. The van der Waals surface area contributed by atoms with Crippen LogP contribution in [0, 0.1) is 0 Å². The number of likely N-dealkylation sites (tertiary alicyclic amines) is 1. The molecule has 0 spiro atoms. The topological polar surface area (TPSA) is 53.7 Å². The van der Waals surface area contributed by atoms with E-state index in [0.29, 0.717) is 5.15 Å². The smallest absolute Gasteiger partial charge is 0.246 e. The predicted molar refractivity (Wildman–Crippen MR) is 115 cm³/mol. The molecule has 29 heavy (non-hydrogen) atoms. The van der Waals surface area contributed by atoms with Crippen LogP contribution in [-0.4, -0.2) is 56.3 Å². The zero-order valence-electron chi connectivity index (χ0n) is 16.4. The van der Waals surface area contributed by atoms with Crippen LogP contribution >= 0.6 is 11.6 Å². The van der Waals surface area contributed by atoms with Gasteiger partial charge in [-0.05, 0) is 48.7 Å². The maximum Gasteiger partial charge on any atom is 0.246 e. The monoisotopic (exact) mass is 409 g/mol. The Balaban J connectivity index is 1.35. The molecule has 0 N–H and O–H groups in total. The molecule has 0 radical (unpaired) electrons. The first-order valence-electron chi connectivity index (χ1n) is 9.80. The number of likely N-dealkylation sites (N-methyl/N-ethyl adjacent to an activating group) is 1. The van der Waals surface area contributed by atoms with Crippen molar-refractivity contribution in [2.75, 3.05) is 20.1 Å². The zero-order valence-corrected chi connectivity index (χ0v) is 17.2. The molecule has 6 nitrogen and oxygen atoms in total. The Morgan fingerprint density at radius 2 is 2.00 bits per heavy atom. The van der Waals surface area contributed by atoms with Crippen molar-refractivity contribution in [2.45, 2.75) is 25.4 Å². The lowest BCUT2D eigenvalue weighted by molar-refractivity contribution is -0.127. The summed E-state index contributed by atoms with van der Waals surface area (Å²) < 4.78 is 1.88. The molecule has 1 aliphatic heterocycles. The molecule has 0 aromatic carbocycles. The van der Waals surface area contributed by atoms with E-state index in [9.17, 15) is 4.79 Å². The predicted octanol–water partition coefficient (Wildman–Crippen LogP) is 3.52. The van der Waals surface area contributed by atoms with Gasteiger partial charge in [-0.1, -0.05) is 17.7 Å². The Labute approximate surface area is 175 Å². The number of halogens is 1. The van der Waals surface area contributed by atoms with E-state index in [1.165, 1.54) is 5.56 Å². The zero-order chi connectivity index (χ0) is 20.2. The molecule has 1 aliphatic rings. The average Bonchev–Trinajstić information content (AvgIpc) is 3.07. The molecule has 0 saturated carbocycles. The van der Waals surface area contributed by atoms with Gasteiger partial charge < -0.3 is 4.90 Å². The number of fused-ring (bicyclic) bond motifs is 1. The molecule has 0 atom stereocenters. The number of carbonyl (C=O) groups excluding carboxylic acids is 1. The number of piperidine rings is 1. The third-order valence-corrected chi connectivity index (χ3v) is 5.79. The molecule has 1 fully saturated rings. The minimum atomic E-state index is -0.0143. The van der Waals surface area contributed by atoms with Gasteiger partial charge >= 0.3 is 0 Å². The number of imidazole rings is 1. The number of nitrogens with zero attached hydrogens (tertiary/aromatic N) is 5. The second-order valence-electron chi connectivity index (χ2n) is 7.36. The van der Waals surface area contributed by atoms with Crippen LogP contribution in [0.3, 0.4) is 0 Å². The van der Waals surface area contributed by atoms with Crippen molar-refractivity contribution in [3.63, 3.8) is 0 Å². The summed E-state index contributed by atoms with van der Waals surface area (Å²) in [6.45, 7) is 2.89. The quantitative estimate of drug-likeness (QED) is 0.605. The molecule has 1 amide bonds. The molecule has 3 aromatic heterocycles. The summed E-state index contributed by atoms with van der Waals surface area (Å²) in [6.07, 6.45) is 10.8. The molecule has 3 aromatic rings. The number of amides is 1. The van der Waals surface area contributed by atoms with Crippen LogP contribution in [0.2, 0.25) is 5.15 Å². The number of carbonyl (C=O) groups is 1. The van der Waals surface area contributed by atoms with Crippen molar-refractivity contribution < 1.29 is 4.79 Å². The second kappa shape index (κ2) is 8.76. The molecule has 4 rings (SSSR count). The molecule has 0 aliphatic carbocycles. The summed E-state index contributed by atoms with van der Waals surface area (Å²) in [4.78, 5) is 25.4. The molecule has 7 heteroatoms. The largest absolute Gasteiger partial charge is 0.339 e. The van der Waals surface area contributed by atoms with Gasteiger partial charge in [0.15, 0.2) is 5.15 Å². The maximum atomic E-state index is 12.7. The van der Waals surface area contributed by atoms with E-state index >= 15 is 0 Å². The van der Waals surface area contributed by atoms with Crippen molar-refractivity contribution >= 4 is 29.2 Å². The van der Waals surface area contributed by atoms with Crippen LogP contribution in [-0.2, 0) is 11.3 Å². The number of hydrogen-bond acceptors (Lipinski definition) is 4. The lowest BCUT2D eigenvalue weighted by Gasteiger charge is -2.36. The van der Waals surface area contributed by atoms with Crippen molar-refractivity contribution in [2.24, 2.45) is 0 Å². The van der Waals surface area contributed by atoms with Crippen LogP contribution < -0.4 is 0 Å². The van der Waals surface area contributed by atoms with Crippen molar-refractivity contribution in [3.05, 3.63) is 71.4 Å². The number of rotatable bonds is 5. The molecular formula is C22H24ClN5O. The number of pyridine rings is 2. The van der Waals surface area contributed by atoms with Gasteiger partial charge in [-0.3, -0.25) is 19.1 Å². The van der Waals surface area contributed by atoms with Crippen LogP contribution in [0.15, 0.2) is 55.0 Å². The van der Waals surface area contributed by atoms with E-state index in [0.717, 1.165) is 43.8 Å². The molecule has 150 valence electrons. The first kappa shape index (κ1) is 19.6. The third kappa shape index (κ3) is 4.49. The molecule has 0 unspecified atom stereocenters. The van der Waals surface area contributed by atoms with Gasteiger partial charge in [-0.15, -0.1) is 0 Å². The standard InChI is InChI=1S/C22H24ClN5O/c1-26(18-9-14-27(15-10-18)16-17-7-11-24-12-8-17)21(29)6-5-19-22(23)25-20-4-2-3-13-28(19)20/h2-8,11-13,18H,9-10,14-16H2,1H3/b6-5+. The van der Waals surface area contributed by atoms with Crippen LogP contribution in [0.1, 0.15) is 24.1 Å². The SMILES string of the molecule is CN(C(=O)/C=C/c1c(Cl)nc2ccccn12)C1CCN(Cc2ccncc2)CC1. The molecule has 4 heterocycles. The van der Waals surface area contributed by atoms with Gasteiger partial charge in [0, 0.05) is 57.4 Å². The van der Waals surface area contributed by atoms with Crippen LogP contribution in [0.5, 0.6) is 0 Å². The molecule has 1 saturated heterocycles. The van der Waals surface area contributed by atoms with E-state index in [-0.39, 0.29) is 11.9 Å². The van der Waals surface area contributed by atoms with Gasteiger partial charge in [0.2, 0.25) is 5.91 Å². The number of hydrogen-bond donors (Lipinski definition) is 0. The number of aromatic nitrogens is 3. The lowest BCUT2D eigenvalue weighted by Crippen LogP contribution is -2.44. The Bertz CT molecular complexity index is 1010. The fourth-order valence-corrected chi connectivity index (χ4v) is 4.03. The van der Waals surface area contributed by atoms with Crippen molar-refractivity contribution in [1.82, 2.24) is 24.2 Å². The van der Waals surface area contributed by atoms with E-state index in [1.54, 1.807) is 12.2 Å². The summed E-state index contributed by atoms with van der Waals surface area (Å²) >= 11 is 6.24. The fraction of sp³-hybridized carbons (Fsp3) is 0.318. The molecule has 0 bridgehead atoms. The lowest BCUT2D eigenvalue weighted by atomic mass is 10.0. The van der Waals surface area contributed by atoms with Gasteiger partial charge in [0.1, 0.15) is 5.65 Å². The highest BCUT2D eigenvalue weighted by molar-refractivity contribution is 6.31. The van der Waals surface area contributed by atoms with Gasteiger partial charge in [0.05, 0.1) is 5.69 Å². The highest BCUT2D eigenvalue weighted by Gasteiger charge is 2.24. The minimum absolute atomic E-state index is 0.0143. The molecular weight excluding hydrogens is 386 g/mol. The second-order valence-corrected chi connectivity index (χ2v) is 7.72. The van der Waals surface area contributed by atoms with Crippen molar-refractivity contribution in [3.8, 4) is 0 Å².